The Labute approximate surface area is 103 Å². The molecule has 0 atom stereocenters. The van der Waals surface area contributed by atoms with E-state index in [4.69, 9.17) is 9.88 Å². The van der Waals surface area contributed by atoms with Crippen LogP contribution in [-0.4, -0.2) is 32.4 Å². The van der Waals surface area contributed by atoms with Crippen molar-refractivity contribution in [3.63, 3.8) is 0 Å². The molecule has 1 amide bonds. The molecular formula is C10H22N2O4S. The number of carbonyl (C=O) groups is 1. The summed E-state index contributed by atoms with van der Waals surface area (Å²) in [6.07, 6.45) is 2.23. The first-order chi connectivity index (χ1) is 7.66. The highest BCUT2D eigenvalue weighted by molar-refractivity contribution is 7.89. The van der Waals surface area contributed by atoms with Gasteiger partial charge in [0, 0.05) is 0 Å². The van der Waals surface area contributed by atoms with Gasteiger partial charge in [-0.2, -0.15) is 0 Å². The van der Waals surface area contributed by atoms with Gasteiger partial charge in [-0.3, -0.25) is 0 Å². The molecule has 0 saturated carbocycles. The maximum absolute atomic E-state index is 11.3. The maximum Gasteiger partial charge on any atom is 0.407 e. The monoisotopic (exact) mass is 266 g/mol. The van der Waals surface area contributed by atoms with Gasteiger partial charge in [0.15, 0.2) is 0 Å². The van der Waals surface area contributed by atoms with Gasteiger partial charge in [-0.1, -0.05) is 19.8 Å². The number of rotatable bonds is 7. The zero-order valence-corrected chi connectivity index (χ0v) is 11.5. The van der Waals surface area contributed by atoms with E-state index in [1.807, 2.05) is 0 Å². The van der Waals surface area contributed by atoms with Crippen LogP contribution in [-0.2, 0) is 14.8 Å². The maximum atomic E-state index is 11.3. The van der Waals surface area contributed by atoms with Crippen LogP contribution in [0.3, 0.4) is 0 Å². The molecule has 0 fully saturated rings. The van der Waals surface area contributed by atoms with Crippen molar-refractivity contribution >= 4 is 16.1 Å². The van der Waals surface area contributed by atoms with E-state index in [0.29, 0.717) is 6.61 Å². The third kappa shape index (κ3) is 10.1. The van der Waals surface area contributed by atoms with Crippen molar-refractivity contribution in [2.24, 2.45) is 5.14 Å². The van der Waals surface area contributed by atoms with Gasteiger partial charge in [-0.25, -0.2) is 18.4 Å². The normalized spacial score (nSPS) is 12.2. The highest BCUT2D eigenvalue weighted by Gasteiger charge is 2.26. The molecule has 17 heavy (non-hydrogen) atoms. The molecule has 102 valence electrons. The van der Waals surface area contributed by atoms with E-state index in [1.165, 1.54) is 0 Å². The lowest BCUT2D eigenvalue weighted by Gasteiger charge is -2.24. The number of hydrogen-bond donors (Lipinski definition) is 2. The Balaban J connectivity index is 4.01. The lowest BCUT2D eigenvalue weighted by atomic mass is 10.1. The number of ether oxygens (including phenoxy) is 1. The van der Waals surface area contributed by atoms with Crippen molar-refractivity contribution in [3.05, 3.63) is 0 Å². The van der Waals surface area contributed by atoms with Crippen molar-refractivity contribution in [3.8, 4) is 0 Å². The predicted octanol–water partition coefficient (Wildman–Crippen LogP) is 0.970. The van der Waals surface area contributed by atoms with Gasteiger partial charge in [-0.15, -0.1) is 0 Å². The lowest BCUT2D eigenvalue weighted by molar-refractivity contribution is 0.136. The van der Waals surface area contributed by atoms with Crippen LogP contribution in [0.2, 0.25) is 0 Å². The number of nitrogens with two attached hydrogens (primary N) is 1. The second-order valence-electron chi connectivity index (χ2n) is 4.66. The van der Waals surface area contributed by atoms with Crippen LogP contribution in [0.1, 0.15) is 40.0 Å². The first-order valence-electron chi connectivity index (χ1n) is 5.62. The summed E-state index contributed by atoms with van der Waals surface area (Å²) in [6.45, 7) is 5.54. The molecule has 0 aliphatic heterocycles. The third-order valence-corrected chi connectivity index (χ3v) is 3.11. The van der Waals surface area contributed by atoms with Gasteiger partial charge in [0.2, 0.25) is 10.0 Å². The van der Waals surface area contributed by atoms with Gasteiger partial charge in [0.05, 0.1) is 17.9 Å². The average molecular weight is 266 g/mol. The first kappa shape index (κ1) is 16.2. The van der Waals surface area contributed by atoms with Crippen molar-refractivity contribution < 1.29 is 17.9 Å². The Bertz CT molecular complexity index is 338. The van der Waals surface area contributed by atoms with Crippen LogP contribution < -0.4 is 10.5 Å². The quantitative estimate of drug-likeness (QED) is 0.671. The Morgan fingerprint density at radius 3 is 2.41 bits per heavy atom. The number of alkyl carbamates (subject to hydrolysis) is 1. The number of hydrogen-bond acceptors (Lipinski definition) is 4. The zero-order valence-electron chi connectivity index (χ0n) is 10.7. The molecule has 0 aliphatic carbocycles. The van der Waals surface area contributed by atoms with Gasteiger partial charge in [0.1, 0.15) is 0 Å². The summed E-state index contributed by atoms with van der Waals surface area (Å²) in [6, 6.07) is 0. The number of nitrogens with one attached hydrogen (secondary N) is 1. The Morgan fingerprint density at radius 2 is 1.94 bits per heavy atom. The van der Waals surface area contributed by atoms with E-state index in [0.717, 1.165) is 19.3 Å². The first-order valence-corrected chi connectivity index (χ1v) is 7.33. The second-order valence-corrected chi connectivity index (χ2v) is 6.27. The van der Waals surface area contributed by atoms with E-state index in [-0.39, 0.29) is 5.75 Å². The molecular weight excluding hydrogens is 244 g/mol. The van der Waals surface area contributed by atoms with Crippen molar-refractivity contribution in [2.75, 3.05) is 12.4 Å². The number of amides is 1. The van der Waals surface area contributed by atoms with Crippen molar-refractivity contribution in [1.82, 2.24) is 5.32 Å². The average Bonchev–Trinajstić information content (AvgIpc) is 2.07. The summed E-state index contributed by atoms with van der Waals surface area (Å²) in [4.78, 5) is 11.3. The highest BCUT2D eigenvalue weighted by atomic mass is 32.2. The van der Waals surface area contributed by atoms with Crippen molar-refractivity contribution in [2.45, 2.75) is 45.6 Å². The fraction of sp³-hybridized carbons (Fsp3) is 0.900. The standard InChI is InChI=1S/C10H22N2O4S/c1-4-5-6-7-16-9(13)12-10(2,3)8-17(11,14)15/h4-8H2,1-3H3,(H,12,13)(H2,11,14,15). The molecule has 0 unspecified atom stereocenters. The number of unbranched alkanes of at least 4 members (excludes halogenated alkanes) is 2. The summed E-state index contributed by atoms with van der Waals surface area (Å²) in [5.41, 5.74) is -0.935. The summed E-state index contributed by atoms with van der Waals surface area (Å²) < 4.78 is 26.7. The molecule has 0 saturated heterocycles. The van der Waals surface area contributed by atoms with Crippen molar-refractivity contribution in [1.29, 1.82) is 0 Å². The topological polar surface area (TPSA) is 98.5 Å². The molecule has 0 rings (SSSR count). The van der Waals surface area contributed by atoms with E-state index < -0.39 is 21.7 Å². The Kier molecular flexibility index (Phi) is 6.48. The fourth-order valence-corrected chi connectivity index (χ4v) is 2.45. The number of sulfonamides is 1. The summed E-state index contributed by atoms with van der Waals surface area (Å²) >= 11 is 0. The molecule has 0 radical (unpaired) electrons. The Morgan fingerprint density at radius 1 is 1.35 bits per heavy atom. The highest BCUT2D eigenvalue weighted by Crippen LogP contribution is 2.05. The van der Waals surface area contributed by atoms with Crippen LogP contribution in [0.4, 0.5) is 4.79 Å². The minimum Gasteiger partial charge on any atom is -0.450 e. The molecule has 6 nitrogen and oxygen atoms in total. The number of carbonyl (C=O) groups excluding carboxylic acids is 1. The van der Waals surface area contributed by atoms with Crippen LogP contribution in [0.15, 0.2) is 0 Å². The van der Waals surface area contributed by atoms with Gasteiger partial charge in [0.25, 0.3) is 0 Å². The minimum absolute atomic E-state index is 0.329. The van der Waals surface area contributed by atoms with Gasteiger partial charge in [-0.05, 0) is 20.3 Å². The summed E-state index contributed by atoms with van der Waals surface area (Å²) in [5.74, 6) is -0.329. The Hall–Kier alpha value is -0.820. The number of primary sulfonamides is 1. The summed E-state index contributed by atoms with van der Waals surface area (Å²) in [7, 11) is -3.63. The fourth-order valence-electron chi connectivity index (χ4n) is 1.37. The van der Waals surface area contributed by atoms with E-state index >= 15 is 0 Å². The van der Waals surface area contributed by atoms with E-state index in [9.17, 15) is 13.2 Å². The molecule has 0 bridgehead atoms. The minimum atomic E-state index is -3.63. The molecule has 7 heteroatoms. The molecule has 0 aromatic heterocycles. The van der Waals surface area contributed by atoms with Gasteiger partial charge < -0.3 is 10.1 Å². The molecule has 0 aromatic rings. The van der Waals surface area contributed by atoms with E-state index in [2.05, 4.69) is 12.2 Å². The van der Waals surface area contributed by atoms with Crippen LogP contribution in [0, 0.1) is 0 Å². The summed E-state index contributed by atoms with van der Waals surface area (Å²) in [5, 5.41) is 7.39. The molecule has 0 spiro atoms. The van der Waals surface area contributed by atoms with Crippen LogP contribution in [0.25, 0.3) is 0 Å². The van der Waals surface area contributed by atoms with Crippen LogP contribution in [0.5, 0.6) is 0 Å². The smallest absolute Gasteiger partial charge is 0.407 e. The second kappa shape index (κ2) is 6.80. The zero-order chi connectivity index (χ0) is 13.5. The van der Waals surface area contributed by atoms with Gasteiger partial charge >= 0.3 is 6.09 Å². The molecule has 0 aromatic carbocycles. The van der Waals surface area contributed by atoms with E-state index in [1.54, 1.807) is 13.8 Å². The predicted molar refractivity (Wildman–Crippen MR) is 66.1 cm³/mol. The third-order valence-electron chi connectivity index (χ3n) is 1.98. The molecule has 0 aliphatic rings. The molecule has 3 N–H and O–H groups in total. The SMILES string of the molecule is CCCCCOC(=O)NC(C)(C)CS(N)(=O)=O. The largest absolute Gasteiger partial charge is 0.450 e. The molecule has 0 heterocycles. The van der Waals surface area contributed by atoms with Crippen LogP contribution >= 0.6 is 0 Å². The lowest BCUT2D eigenvalue weighted by Crippen LogP contribution is -2.49.